The minimum absolute atomic E-state index is 0.0989. The smallest absolute Gasteiger partial charge is 0.462 e. The maximum atomic E-state index is 12.9. The summed E-state index contributed by atoms with van der Waals surface area (Å²) in [4.78, 5) is 71.1. The Labute approximate surface area is 435 Å². The van der Waals surface area contributed by atoms with Gasteiger partial charge in [-0.2, -0.15) is 0 Å². The van der Waals surface area contributed by atoms with Crippen molar-refractivity contribution in [3.05, 3.63) is 0 Å². The van der Waals surface area contributed by atoms with E-state index in [9.17, 15) is 43.2 Å². The maximum absolute atomic E-state index is 12.9. The highest BCUT2D eigenvalue weighted by molar-refractivity contribution is 7.47. The Kier molecular flexibility index (Phi) is 47.4. The predicted molar refractivity (Wildman–Crippen MR) is 280 cm³/mol. The Morgan fingerprint density at radius 2 is 0.556 bits per heavy atom. The molecule has 0 radical (unpaired) electrons. The zero-order valence-corrected chi connectivity index (χ0v) is 47.2. The fourth-order valence-corrected chi connectivity index (χ4v) is 9.27. The normalized spacial score (nSPS) is 14.5. The number of hydrogen-bond acceptors (Lipinski definition) is 15. The number of rotatable bonds is 54. The van der Waals surface area contributed by atoms with Crippen LogP contribution in [0.5, 0.6) is 0 Å². The van der Waals surface area contributed by atoms with E-state index in [4.69, 9.17) is 37.0 Å². The van der Waals surface area contributed by atoms with E-state index in [0.29, 0.717) is 25.7 Å². The number of aliphatic hydroxyl groups excluding tert-OH is 1. The van der Waals surface area contributed by atoms with Gasteiger partial charge in [-0.3, -0.25) is 37.3 Å². The second-order valence-corrected chi connectivity index (χ2v) is 22.2. The van der Waals surface area contributed by atoms with Gasteiger partial charge in [0.1, 0.15) is 19.3 Å². The molecule has 19 heteroatoms. The molecule has 2 unspecified atom stereocenters. The van der Waals surface area contributed by atoms with Crippen molar-refractivity contribution in [2.45, 2.75) is 277 Å². The van der Waals surface area contributed by atoms with Gasteiger partial charge in [0, 0.05) is 25.7 Å². The van der Waals surface area contributed by atoms with E-state index in [-0.39, 0.29) is 25.7 Å². The van der Waals surface area contributed by atoms with Crippen molar-refractivity contribution in [1.29, 1.82) is 0 Å². The molecule has 17 nitrogen and oxygen atoms in total. The number of phosphoric ester groups is 2. The van der Waals surface area contributed by atoms with Crippen LogP contribution in [-0.2, 0) is 65.4 Å². The lowest BCUT2D eigenvalue weighted by atomic mass is 10.0. The van der Waals surface area contributed by atoms with E-state index in [1.807, 2.05) is 0 Å². The molecular formula is C53H102O17P2. The van der Waals surface area contributed by atoms with E-state index in [1.54, 1.807) is 0 Å². The SMILES string of the molecule is CCCCCCCCCCCCCCC(=O)O[C@H](COC(=O)CCCCCCCCCCCC)COP(=O)(O)OC[C@@H](O)COP(=O)(O)OC[C@@H](COC(=O)CCCCCCC)OC(=O)CCCCCCC. The van der Waals surface area contributed by atoms with Crippen molar-refractivity contribution in [2.75, 3.05) is 39.6 Å². The summed E-state index contributed by atoms with van der Waals surface area (Å²) in [7, 11) is -9.84. The number of phosphoric acid groups is 2. The molecule has 5 atom stereocenters. The first-order valence-corrected chi connectivity index (χ1v) is 31.3. The van der Waals surface area contributed by atoms with Gasteiger partial charge in [0.05, 0.1) is 26.4 Å². The van der Waals surface area contributed by atoms with Crippen molar-refractivity contribution in [1.82, 2.24) is 0 Å². The van der Waals surface area contributed by atoms with Crippen molar-refractivity contribution in [3.63, 3.8) is 0 Å². The molecule has 72 heavy (non-hydrogen) atoms. The van der Waals surface area contributed by atoms with Gasteiger partial charge in [-0.1, -0.05) is 207 Å². The highest BCUT2D eigenvalue weighted by Gasteiger charge is 2.30. The molecule has 0 saturated carbocycles. The van der Waals surface area contributed by atoms with E-state index in [1.165, 1.54) is 83.5 Å². The summed E-state index contributed by atoms with van der Waals surface area (Å²) in [5, 5.41) is 10.4. The summed E-state index contributed by atoms with van der Waals surface area (Å²) in [6, 6.07) is 0. The molecule has 426 valence electrons. The van der Waals surface area contributed by atoms with Crippen LogP contribution in [0.3, 0.4) is 0 Å². The third kappa shape index (κ3) is 47.8. The van der Waals surface area contributed by atoms with Crippen LogP contribution in [0.15, 0.2) is 0 Å². The summed E-state index contributed by atoms with van der Waals surface area (Å²) in [6.07, 6.45) is 30.0. The molecule has 0 aliphatic rings. The Balaban J connectivity index is 5.14. The molecule has 0 aromatic carbocycles. The van der Waals surface area contributed by atoms with Crippen LogP contribution < -0.4 is 0 Å². The number of ether oxygens (including phenoxy) is 4. The third-order valence-electron chi connectivity index (χ3n) is 12.1. The molecule has 0 heterocycles. The van der Waals surface area contributed by atoms with Crippen LogP contribution in [0.4, 0.5) is 0 Å². The minimum atomic E-state index is -4.93. The Morgan fingerprint density at radius 1 is 0.333 bits per heavy atom. The summed E-state index contributed by atoms with van der Waals surface area (Å²) >= 11 is 0. The summed E-state index contributed by atoms with van der Waals surface area (Å²) in [5.74, 6) is -2.17. The fourth-order valence-electron chi connectivity index (χ4n) is 7.69. The first-order chi connectivity index (χ1) is 34.7. The Hall–Kier alpha value is -1.94. The molecule has 0 saturated heterocycles. The zero-order chi connectivity index (χ0) is 53.4. The predicted octanol–water partition coefficient (Wildman–Crippen LogP) is 13.6. The summed E-state index contributed by atoms with van der Waals surface area (Å²) in [6.45, 7) is 4.62. The second kappa shape index (κ2) is 48.7. The lowest BCUT2D eigenvalue weighted by molar-refractivity contribution is -0.161. The number of aliphatic hydroxyl groups is 1. The Bertz CT molecular complexity index is 1420. The molecule has 0 fully saturated rings. The molecule has 0 aromatic rings. The number of carbonyl (C=O) groups excluding carboxylic acids is 4. The fraction of sp³-hybridized carbons (Fsp3) is 0.925. The van der Waals surface area contributed by atoms with Crippen molar-refractivity contribution in [3.8, 4) is 0 Å². The number of carbonyl (C=O) groups is 4. The first-order valence-electron chi connectivity index (χ1n) is 28.3. The molecule has 0 rings (SSSR count). The van der Waals surface area contributed by atoms with Gasteiger partial charge in [0.2, 0.25) is 0 Å². The standard InChI is InChI=1S/C53H102O17P2/c1-5-9-13-17-19-21-23-24-26-28-32-36-40-53(58)70-49(44-64-51(56)38-34-31-27-25-22-20-18-14-10-6-2)46-68-72(61,62)66-42-47(54)41-65-71(59,60)67-45-48(69-52(57)39-35-30-16-12-8-4)43-63-50(55)37-33-29-15-11-7-3/h47-49,54H,5-46H2,1-4H3,(H,59,60)(H,61,62)/t47-,48+,49+/m0/s1. The van der Waals surface area contributed by atoms with E-state index in [2.05, 4.69) is 27.7 Å². The number of esters is 4. The molecule has 0 aliphatic heterocycles. The third-order valence-corrected chi connectivity index (χ3v) is 14.0. The van der Waals surface area contributed by atoms with Crippen LogP contribution >= 0.6 is 15.6 Å². The van der Waals surface area contributed by atoms with Gasteiger partial charge in [0.15, 0.2) is 12.2 Å². The number of unbranched alkanes of at least 4 members (excludes halogenated alkanes) is 28. The minimum Gasteiger partial charge on any atom is -0.462 e. The topological polar surface area (TPSA) is 237 Å². The van der Waals surface area contributed by atoms with Gasteiger partial charge in [-0.15, -0.1) is 0 Å². The van der Waals surface area contributed by atoms with Gasteiger partial charge in [-0.25, -0.2) is 9.13 Å². The van der Waals surface area contributed by atoms with Gasteiger partial charge >= 0.3 is 39.5 Å². The van der Waals surface area contributed by atoms with Crippen molar-refractivity contribution in [2.24, 2.45) is 0 Å². The molecule has 0 spiro atoms. The lowest BCUT2D eigenvalue weighted by Gasteiger charge is -2.21. The van der Waals surface area contributed by atoms with Crippen LogP contribution in [0, 0.1) is 0 Å². The zero-order valence-electron chi connectivity index (χ0n) is 45.4. The van der Waals surface area contributed by atoms with Crippen LogP contribution in [-0.4, -0.2) is 96.7 Å². The van der Waals surface area contributed by atoms with E-state index >= 15 is 0 Å². The molecule has 3 N–H and O–H groups in total. The van der Waals surface area contributed by atoms with Gasteiger partial charge in [-0.05, 0) is 25.7 Å². The van der Waals surface area contributed by atoms with Crippen LogP contribution in [0.2, 0.25) is 0 Å². The maximum Gasteiger partial charge on any atom is 0.472 e. The molecule has 0 aliphatic carbocycles. The molecule has 0 amide bonds. The average Bonchev–Trinajstić information content (AvgIpc) is 3.35. The number of hydrogen-bond donors (Lipinski definition) is 3. The molecule has 0 aromatic heterocycles. The highest BCUT2D eigenvalue weighted by atomic mass is 31.2. The van der Waals surface area contributed by atoms with Crippen LogP contribution in [0.25, 0.3) is 0 Å². The summed E-state index contributed by atoms with van der Waals surface area (Å²) in [5.41, 5.74) is 0. The van der Waals surface area contributed by atoms with Crippen LogP contribution in [0.1, 0.15) is 259 Å². The highest BCUT2D eigenvalue weighted by Crippen LogP contribution is 2.45. The monoisotopic (exact) mass is 1070 g/mol. The first kappa shape index (κ1) is 70.1. The second-order valence-electron chi connectivity index (χ2n) is 19.3. The molecular weight excluding hydrogens is 971 g/mol. The van der Waals surface area contributed by atoms with E-state index in [0.717, 1.165) is 96.3 Å². The molecule has 0 bridgehead atoms. The Morgan fingerprint density at radius 3 is 0.819 bits per heavy atom. The van der Waals surface area contributed by atoms with Gasteiger partial charge in [0.25, 0.3) is 0 Å². The quantitative estimate of drug-likeness (QED) is 0.0222. The summed E-state index contributed by atoms with van der Waals surface area (Å²) < 4.78 is 67.1. The van der Waals surface area contributed by atoms with Gasteiger partial charge < -0.3 is 33.8 Å². The largest absolute Gasteiger partial charge is 0.472 e. The lowest BCUT2D eigenvalue weighted by Crippen LogP contribution is -2.30. The van der Waals surface area contributed by atoms with Crippen molar-refractivity contribution >= 4 is 39.5 Å². The van der Waals surface area contributed by atoms with E-state index < -0.39 is 97.5 Å². The average molecular weight is 1070 g/mol. The van der Waals surface area contributed by atoms with Crippen molar-refractivity contribution < 1.29 is 80.2 Å².